The number of phenolic OH excluding ortho intramolecular Hbond substituents is 1. The molecule has 0 saturated heterocycles. The number of hydrogen-bond donors (Lipinski definition) is 2. The van der Waals surface area contributed by atoms with Gasteiger partial charge in [-0.1, -0.05) is 36.4 Å². The number of nitrogens with zero attached hydrogens (tertiary/aromatic N) is 2. The lowest BCUT2D eigenvalue weighted by Gasteiger charge is -2.07. The third-order valence-electron chi connectivity index (χ3n) is 3.63. The molecule has 0 aliphatic heterocycles. The van der Waals surface area contributed by atoms with E-state index < -0.39 is 10.1 Å². The van der Waals surface area contributed by atoms with Crippen LogP contribution in [-0.2, 0) is 10.1 Å². The number of benzene rings is 3. The van der Waals surface area contributed by atoms with Crippen molar-refractivity contribution >= 4 is 32.3 Å². The van der Waals surface area contributed by atoms with E-state index in [1.165, 1.54) is 24.3 Å². The van der Waals surface area contributed by atoms with E-state index in [1.54, 1.807) is 12.1 Å². The Balaban J connectivity index is 2.12. The van der Waals surface area contributed by atoms with Gasteiger partial charge >= 0.3 is 0 Å². The van der Waals surface area contributed by atoms with Gasteiger partial charge in [0.05, 0.1) is 5.69 Å². The van der Waals surface area contributed by atoms with Gasteiger partial charge in [0.25, 0.3) is 10.1 Å². The number of azo groups is 1. The fraction of sp³-hybridized carbons (Fsp3) is 0.0588. The van der Waals surface area contributed by atoms with Gasteiger partial charge in [0, 0.05) is 10.8 Å². The molecule has 0 unspecified atom stereocenters. The molecule has 0 aromatic heterocycles. The van der Waals surface area contributed by atoms with Crippen molar-refractivity contribution in [2.24, 2.45) is 10.2 Å². The summed E-state index contributed by atoms with van der Waals surface area (Å²) in [6, 6.07) is 14.6. The lowest BCUT2D eigenvalue weighted by atomic mass is 10.1. The van der Waals surface area contributed by atoms with Gasteiger partial charge in [0.2, 0.25) is 0 Å². The summed E-state index contributed by atoms with van der Waals surface area (Å²) in [6.07, 6.45) is 0. The van der Waals surface area contributed by atoms with Gasteiger partial charge in [0.15, 0.2) is 5.75 Å². The van der Waals surface area contributed by atoms with Crippen LogP contribution in [0.2, 0.25) is 0 Å². The van der Waals surface area contributed by atoms with Crippen LogP contribution in [0, 0.1) is 6.92 Å². The van der Waals surface area contributed by atoms with Crippen molar-refractivity contribution in [3.8, 4) is 5.75 Å². The molecule has 24 heavy (non-hydrogen) atoms. The molecule has 0 heterocycles. The Hall–Kier alpha value is -2.77. The van der Waals surface area contributed by atoms with Crippen molar-refractivity contribution in [2.45, 2.75) is 11.8 Å². The first-order chi connectivity index (χ1) is 11.4. The average Bonchev–Trinajstić information content (AvgIpc) is 2.54. The molecule has 0 radical (unpaired) electrons. The topological polar surface area (TPSA) is 99.3 Å². The van der Waals surface area contributed by atoms with Crippen LogP contribution in [0.3, 0.4) is 0 Å². The molecule has 0 bridgehead atoms. The molecule has 2 N–H and O–H groups in total. The Kier molecular flexibility index (Phi) is 4.04. The monoisotopic (exact) mass is 342 g/mol. The standard InChI is InChI=1S/C17H14N2O4S/c1-11-5-2-3-7-14(11)18-19-15-10-9-12-13(17(15)20)6-4-8-16(12)24(21,22)23/h2-10,20H,1H3,(H,21,22,23). The molecule has 0 fully saturated rings. The number of fused-ring (bicyclic) bond motifs is 1. The quantitative estimate of drug-likeness (QED) is 0.540. The van der Waals surface area contributed by atoms with Crippen molar-refractivity contribution in [3.63, 3.8) is 0 Å². The fourth-order valence-corrected chi connectivity index (χ4v) is 3.10. The Morgan fingerprint density at radius 1 is 0.833 bits per heavy atom. The molecule has 6 nitrogen and oxygen atoms in total. The number of phenols is 1. The molecule has 0 atom stereocenters. The summed E-state index contributed by atoms with van der Waals surface area (Å²) in [5.74, 6) is -0.199. The summed E-state index contributed by atoms with van der Waals surface area (Å²) in [7, 11) is -4.39. The molecule has 0 saturated carbocycles. The zero-order valence-corrected chi connectivity index (χ0v) is 13.5. The molecule has 3 aromatic carbocycles. The molecule has 0 spiro atoms. The van der Waals surface area contributed by atoms with Crippen LogP contribution in [0.25, 0.3) is 10.8 Å². The van der Waals surface area contributed by atoms with E-state index in [1.807, 2.05) is 25.1 Å². The lowest BCUT2D eigenvalue weighted by Crippen LogP contribution is -1.98. The van der Waals surface area contributed by atoms with Crippen LogP contribution < -0.4 is 0 Å². The third-order valence-corrected chi connectivity index (χ3v) is 4.54. The van der Waals surface area contributed by atoms with E-state index in [2.05, 4.69) is 10.2 Å². The van der Waals surface area contributed by atoms with Gasteiger partial charge in [-0.25, -0.2) is 0 Å². The van der Waals surface area contributed by atoms with E-state index in [0.717, 1.165) is 5.56 Å². The van der Waals surface area contributed by atoms with E-state index in [0.29, 0.717) is 5.69 Å². The van der Waals surface area contributed by atoms with Crippen LogP contribution in [0.5, 0.6) is 5.75 Å². The normalized spacial score (nSPS) is 12.1. The minimum Gasteiger partial charge on any atom is -0.505 e. The second-order valence-electron chi connectivity index (χ2n) is 5.25. The van der Waals surface area contributed by atoms with Crippen molar-refractivity contribution in [1.29, 1.82) is 0 Å². The largest absolute Gasteiger partial charge is 0.505 e. The van der Waals surface area contributed by atoms with Crippen LogP contribution in [0.4, 0.5) is 11.4 Å². The van der Waals surface area contributed by atoms with Gasteiger partial charge in [-0.3, -0.25) is 4.55 Å². The first-order valence-corrected chi connectivity index (χ1v) is 8.51. The summed E-state index contributed by atoms with van der Waals surface area (Å²) in [5, 5.41) is 19.0. The Labute approximate surface area is 138 Å². The molecule has 0 aliphatic rings. The van der Waals surface area contributed by atoms with Gasteiger partial charge < -0.3 is 5.11 Å². The summed E-state index contributed by atoms with van der Waals surface area (Å²) in [5.41, 5.74) is 1.82. The van der Waals surface area contributed by atoms with Gasteiger partial charge in [0.1, 0.15) is 10.6 Å². The molecule has 122 valence electrons. The Morgan fingerprint density at radius 2 is 1.54 bits per heavy atom. The average molecular weight is 342 g/mol. The highest BCUT2D eigenvalue weighted by molar-refractivity contribution is 7.86. The molecule has 7 heteroatoms. The van der Waals surface area contributed by atoms with Crippen molar-refractivity contribution in [3.05, 3.63) is 60.2 Å². The second-order valence-corrected chi connectivity index (χ2v) is 6.64. The summed E-state index contributed by atoms with van der Waals surface area (Å²) < 4.78 is 32.1. The van der Waals surface area contributed by atoms with Gasteiger partial charge in [-0.2, -0.15) is 13.5 Å². The molecular weight excluding hydrogens is 328 g/mol. The maximum Gasteiger partial charge on any atom is 0.295 e. The second kappa shape index (κ2) is 6.03. The van der Waals surface area contributed by atoms with Gasteiger partial charge in [-0.05, 0) is 30.7 Å². The molecule has 3 rings (SSSR count). The minimum atomic E-state index is -4.39. The maximum atomic E-state index is 11.4. The predicted octanol–water partition coefficient (Wildman–Crippen LogP) is 4.52. The SMILES string of the molecule is Cc1ccccc1N=Nc1ccc2c(S(=O)(=O)O)cccc2c1O. The zero-order valence-electron chi connectivity index (χ0n) is 12.7. The van der Waals surface area contributed by atoms with Crippen LogP contribution in [0.1, 0.15) is 5.56 Å². The lowest BCUT2D eigenvalue weighted by molar-refractivity contribution is 0.482. The summed E-state index contributed by atoms with van der Waals surface area (Å²) in [4.78, 5) is -0.266. The van der Waals surface area contributed by atoms with E-state index >= 15 is 0 Å². The smallest absolute Gasteiger partial charge is 0.295 e. The zero-order chi connectivity index (χ0) is 17.3. The summed E-state index contributed by atoms with van der Waals surface area (Å²) >= 11 is 0. The fourth-order valence-electron chi connectivity index (χ4n) is 2.39. The third kappa shape index (κ3) is 2.99. The van der Waals surface area contributed by atoms with Crippen LogP contribution in [-0.4, -0.2) is 18.1 Å². The highest BCUT2D eigenvalue weighted by Crippen LogP contribution is 2.37. The predicted molar refractivity (Wildman–Crippen MR) is 90.8 cm³/mol. The van der Waals surface area contributed by atoms with E-state index in [4.69, 9.17) is 0 Å². The van der Waals surface area contributed by atoms with E-state index in [-0.39, 0.29) is 27.1 Å². The first kappa shape index (κ1) is 16.1. The maximum absolute atomic E-state index is 11.4. The minimum absolute atomic E-state index is 0.199. The van der Waals surface area contributed by atoms with Crippen LogP contribution in [0.15, 0.2) is 69.7 Å². The number of hydrogen-bond acceptors (Lipinski definition) is 5. The van der Waals surface area contributed by atoms with Gasteiger partial charge in [-0.15, -0.1) is 5.11 Å². The first-order valence-electron chi connectivity index (χ1n) is 7.07. The van der Waals surface area contributed by atoms with Crippen molar-refractivity contribution in [2.75, 3.05) is 0 Å². The number of rotatable bonds is 3. The van der Waals surface area contributed by atoms with E-state index in [9.17, 15) is 18.1 Å². The number of aromatic hydroxyl groups is 1. The molecule has 0 amide bonds. The number of aryl methyl sites for hydroxylation is 1. The molecule has 3 aromatic rings. The summed E-state index contributed by atoms with van der Waals surface area (Å²) in [6.45, 7) is 1.90. The molecule has 0 aliphatic carbocycles. The van der Waals surface area contributed by atoms with Crippen molar-refractivity contribution < 1.29 is 18.1 Å². The highest BCUT2D eigenvalue weighted by atomic mass is 32.2. The Morgan fingerprint density at radius 3 is 2.25 bits per heavy atom. The highest BCUT2D eigenvalue weighted by Gasteiger charge is 2.16. The molecular formula is C17H14N2O4S. The van der Waals surface area contributed by atoms with Crippen LogP contribution >= 0.6 is 0 Å². The Bertz CT molecular complexity index is 1060. The van der Waals surface area contributed by atoms with Crippen molar-refractivity contribution in [1.82, 2.24) is 0 Å².